The second kappa shape index (κ2) is 6.18. The van der Waals surface area contributed by atoms with Gasteiger partial charge in [0.2, 0.25) is 0 Å². The maximum Gasteiger partial charge on any atom is 0.287 e. The van der Waals surface area contributed by atoms with Gasteiger partial charge in [0.15, 0.2) is 0 Å². The van der Waals surface area contributed by atoms with Gasteiger partial charge in [-0.1, -0.05) is 17.7 Å². The first-order valence-electron chi connectivity index (χ1n) is 5.76. The van der Waals surface area contributed by atoms with Crippen molar-refractivity contribution in [2.75, 3.05) is 11.9 Å². The molecule has 2 N–H and O–H groups in total. The van der Waals surface area contributed by atoms with Crippen LogP contribution in [0.25, 0.3) is 0 Å². The molecule has 2 aromatic rings. The molecule has 0 spiro atoms. The molecule has 2 aromatic heterocycles. The first-order chi connectivity index (χ1) is 9.13. The SMILES string of the molecule is Cn1ncc(N[C@@H](CCO)c2cccs2)c(Cl)c1=O. The molecule has 2 rings (SSSR count). The minimum atomic E-state index is -0.347. The summed E-state index contributed by atoms with van der Waals surface area (Å²) >= 11 is 7.59. The first-order valence-corrected chi connectivity index (χ1v) is 7.02. The Labute approximate surface area is 119 Å². The Bertz CT molecular complexity index is 598. The third-order valence-corrected chi connectivity index (χ3v) is 4.06. The van der Waals surface area contributed by atoms with Gasteiger partial charge in [0.1, 0.15) is 5.02 Å². The van der Waals surface area contributed by atoms with Crippen LogP contribution in [0, 0.1) is 0 Å². The summed E-state index contributed by atoms with van der Waals surface area (Å²) in [7, 11) is 1.54. The zero-order valence-electron chi connectivity index (χ0n) is 10.3. The monoisotopic (exact) mass is 299 g/mol. The maximum absolute atomic E-state index is 11.7. The number of thiophene rings is 1. The number of aliphatic hydroxyl groups excluding tert-OH is 1. The van der Waals surface area contributed by atoms with E-state index in [1.165, 1.54) is 10.9 Å². The molecule has 0 fully saturated rings. The molecule has 5 nitrogen and oxygen atoms in total. The van der Waals surface area contributed by atoms with Crippen molar-refractivity contribution in [3.05, 3.63) is 44.0 Å². The number of nitrogens with one attached hydrogen (secondary N) is 1. The van der Waals surface area contributed by atoms with Gasteiger partial charge >= 0.3 is 0 Å². The third kappa shape index (κ3) is 3.15. The first kappa shape index (κ1) is 14.0. The van der Waals surface area contributed by atoms with Crippen molar-refractivity contribution in [3.8, 4) is 0 Å². The highest BCUT2D eigenvalue weighted by Gasteiger charge is 2.15. The predicted octanol–water partition coefficient (Wildman–Crippen LogP) is 2.03. The molecule has 0 unspecified atom stereocenters. The van der Waals surface area contributed by atoms with Gasteiger partial charge in [0, 0.05) is 18.5 Å². The summed E-state index contributed by atoms with van der Waals surface area (Å²) in [4.78, 5) is 12.8. The Morgan fingerprint density at radius 2 is 2.42 bits per heavy atom. The van der Waals surface area contributed by atoms with Crippen molar-refractivity contribution in [3.63, 3.8) is 0 Å². The lowest BCUT2D eigenvalue weighted by Crippen LogP contribution is -2.22. The number of rotatable bonds is 5. The van der Waals surface area contributed by atoms with Gasteiger partial charge in [0.05, 0.1) is 17.9 Å². The van der Waals surface area contributed by atoms with Crippen LogP contribution in [0.4, 0.5) is 5.69 Å². The number of halogens is 1. The van der Waals surface area contributed by atoms with Crippen LogP contribution >= 0.6 is 22.9 Å². The van der Waals surface area contributed by atoms with Crippen molar-refractivity contribution in [1.82, 2.24) is 9.78 Å². The minimum absolute atomic E-state index is 0.0471. The number of aryl methyl sites for hydroxylation is 1. The highest BCUT2D eigenvalue weighted by molar-refractivity contribution is 7.10. The van der Waals surface area contributed by atoms with Crippen molar-refractivity contribution in [2.45, 2.75) is 12.5 Å². The van der Waals surface area contributed by atoms with E-state index in [0.717, 1.165) is 4.88 Å². The van der Waals surface area contributed by atoms with Crippen LogP contribution in [0.15, 0.2) is 28.5 Å². The second-order valence-electron chi connectivity index (χ2n) is 4.03. The van der Waals surface area contributed by atoms with Crippen molar-refractivity contribution < 1.29 is 5.11 Å². The van der Waals surface area contributed by atoms with Crippen LogP contribution in [-0.4, -0.2) is 21.5 Å². The zero-order valence-corrected chi connectivity index (χ0v) is 11.9. The Hall–Kier alpha value is -1.37. The highest BCUT2D eigenvalue weighted by Crippen LogP contribution is 2.27. The Balaban J connectivity index is 2.27. The average Bonchev–Trinajstić information content (AvgIpc) is 2.92. The molecule has 0 aliphatic carbocycles. The fourth-order valence-corrected chi connectivity index (χ4v) is 2.74. The lowest BCUT2D eigenvalue weighted by molar-refractivity contribution is 0.280. The van der Waals surface area contributed by atoms with Crippen molar-refractivity contribution in [2.24, 2.45) is 7.05 Å². The molecule has 0 aliphatic rings. The average molecular weight is 300 g/mol. The van der Waals surface area contributed by atoms with Crippen LogP contribution < -0.4 is 10.9 Å². The van der Waals surface area contributed by atoms with Crippen molar-refractivity contribution >= 4 is 28.6 Å². The number of anilines is 1. The van der Waals surface area contributed by atoms with Gasteiger partial charge in [-0.2, -0.15) is 5.10 Å². The fraction of sp³-hybridized carbons (Fsp3) is 0.333. The van der Waals surface area contributed by atoms with Gasteiger partial charge in [-0.3, -0.25) is 4.79 Å². The second-order valence-corrected chi connectivity index (χ2v) is 5.38. The lowest BCUT2D eigenvalue weighted by atomic mass is 10.1. The Morgan fingerprint density at radius 3 is 3.05 bits per heavy atom. The number of aliphatic hydroxyl groups is 1. The predicted molar refractivity (Wildman–Crippen MR) is 76.9 cm³/mol. The van der Waals surface area contributed by atoms with Crippen LogP contribution in [0.2, 0.25) is 5.02 Å². The normalized spacial score (nSPS) is 12.4. The number of nitrogens with zero attached hydrogens (tertiary/aromatic N) is 2. The topological polar surface area (TPSA) is 67.2 Å². The smallest absolute Gasteiger partial charge is 0.287 e. The maximum atomic E-state index is 11.7. The lowest BCUT2D eigenvalue weighted by Gasteiger charge is -2.18. The van der Waals surface area contributed by atoms with Gasteiger partial charge in [-0.05, 0) is 17.9 Å². The summed E-state index contributed by atoms with van der Waals surface area (Å²) in [5.41, 5.74) is 0.136. The molecule has 102 valence electrons. The van der Waals surface area contributed by atoms with Gasteiger partial charge in [-0.15, -0.1) is 11.3 Å². The minimum Gasteiger partial charge on any atom is -0.396 e. The number of aromatic nitrogens is 2. The molecule has 2 heterocycles. The summed E-state index contributed by atoms with van der Waals surface area (Å²) in [6.07, 6.45) is 2.05. The van der Waals surface area contributed by atoms with Crippen molar-refractivity contribution in [1.29, 1.82) is 0 Å². The highest BCUT2D eigenvalue weighted by atomic mass is 35.5. The van der Waals surface area contributed by atoms with E-state index in [9.17, 15) is 4.79 Å². The Morgan fingerprint density at radius 1 is 1.63 bits per heavy atom. The molecule has 0 amide bonds. The molecular formula is C12H14ClN3O2S. The van der Waals surface area contributed by atoms with E-state index in [2.05, 4.69) is 10.4 Å². The quantitative estimate of drug-likeness (QED) is 0.886. The third-order valence-electron chi connectivity index (χ3n) is 2.71. The molecule has 0 aliphatic heterocycles. The van der Waals surface area contributed by atoms with E-state index in [1.807, 2.05) is 17.5 Å². The Kier molecular flexibility index (Phi) is 4.57. The standard InChI is InChI=1S/C12H14ClN3O2S/c1-16-12(18)11(13)9(7-14-16)15-8(4-5-17)10-3-2-6-19-10/h2-3,6-8,15,17H,4-5H2,1H3/t8-/m0/s1. The van der Waals surface area contributed by atoms with Crippen LogP contribution in [0.1, 0.15) is 17.3 Å². The summed E-state index contributed by atoms with van der Waals surface area (Å²) in [6, 6.07) is 3.83. The van der Waals surface area contributed by atoms with E-state index in [-0.39, 0.29) is 23.2 Å². The molecule has 1 atom stereocenters. The van der Waals surface area contributed by atoms with E-state index in [1.54, 1.807) is 18.4 Å². The zero-order chi connectivity index (χ0) is 13.8. The summed E-state index contributed by atoms with van der Waals surface area (Å²) in [5.74, 6) is 0. The van der Waals surface area contributed by atoms with Crippen LogP contribution in [0.3, 0.4) is 0 Å². The van der Waals surface area contributed by atoms with E-state index >= 15 is 0 Å². The van der Waals surface area contributed by atoms with E-state index in [4.69, 9.17) is 16.7 Å². The largest absolute Gasteiger partial charge is 0.396 e. The van der Waals surface area contributed by atoms with Crippen LogP contribution in [0.5, 0.6) is 0 Å². The number of hydrogen-bond acceptors (Lipinski definition) is 5. The van der Waals surface area contributed by atoms with Gasteiger partial charge in [0.25, 0.3) is 5.56 Å². The fourth-order valence-electron chi connectivity index (χ4n) is 1.70. The number of hydrogen-bond donors (Lipinski definition) is 2. The molecule has 0 radical (unpaired) electrons. The molecule has 19 heavy (non-hydrogen) atoms. The summed E-state index contributed by atoms with van der Waals surface area (Å²) in [6.45, 7) is 0.0471. The molecule has 0 saturated carbocycles. The summed E-state index contributed by atoms with van der Waals surface area (Å²) < 4.78 is 1.18. The molecule has 0 bridgehead atoms. The summed E-state index contributed by atoms with van der Waals surface area (Å²) in [5, 5.41) is 18.3. The van der Waals surface area contributed by atoms with E-state index in [0.29, 0.717) is 12.1 Å². The van der Waals surface area contributed by atoms with E-state index < -0.39 is 0 Å². The molecule has 7 heteroatoms. The van der Waals surface area contributed by atoms with Gasteiger partial charge < -0.3 is 10.4 Å². The molecular weight excluding hydrogens is 286 g/mol. The van der Waals surface area contributed by atoms with Crippen LogP contribution in [-0.2, 0) is 7.05 Å². The molecule has 0 aromatic carbocycles. The molecule has 0 saturated heterocycles. The van der Waals surface area contributed by atoms with Gasteiger partial charge in [-0.25, -0.2) is 4.68 Å².